The fourth-order valence-corrected chi connectivity index (χ4v) is 2.18. The normalized spacial score (nSPS) is 10.6. The molecule has 0 aliphatic carbocycles. The zero-order chi connectivity index (χ0) is 13.2. The van der Waals surface area contributed by atoms with Gasteiger partial charge in [-0.25, -0.2) is 0 Å². The summed E-state index contributed by atoms with van der Waals surface area (Å²) in [6, 6.07) is 12.1. The smallest absolute Gasteiger partial charge is 0.153 e. The second-order valence-corrected chi connectivity index (χ2v) is 4.46. The Morgan fingerprint density at radius 3 is 2.58 bits per heavy atom. The minimum absolute atomic E-state index is 0.511. The number of aryl methyl sites for hydroxylation is 1. The number of benzene rings is 1. The lowest BCUT2D eigenvalue weighted by Gasteiger charge is -2.05. The largest absolute Gasteiger partial charge is 0.382 e. The second kappa shape index (κ2) is 4.57. The average Bonchev–Trinajstić information content (AvgIpc) is 2.82. The van der Waals surface area contributed by atoms with E-state index < -0.39 is 0 Å². The topological polar surface area (TPSA) is 67.6 Å². The van der Waals surface area contributed by atoms with Crippen molar-refractivity contribution in [2.24, 2.45) is 0 Å². The maximum Gasteiger partial charge on any atom is 0.153 e. The van der Waals surface area contributed by atoms with Gasteiger partial charge in [-0.3, -0.25) is 10.1 Å². The Labute approximate surface area is 111 Å². The van der Waals surface area contributed by atoms with E-state index in [0.717, 1.165) is 22.4 Å². The van der Waals surface area contributed by atoms with Crippen LogP contribution in [0.5, 0.6) is 0 Å². The Morgan fingerprint density at radius 2 is 1.84 bits per heavy atom. The molecule has 94 valence electrons. The molecule has 4 nitrogen and oxygen atoms in total. The highest BCUT2D eigenvalue weighted by Crippen LogP contribution is 2.34. The summed E-state index contributed by atoms with van der Waals surface area (Å²) in [4.78, 5) is 4.03. The monoisotopic (exact) mass is 250 g/mol. The molecule has 0 aliphatic heterocycles. The van der Waals surface area contributed by atoms with E-state index in [1.54, 1.807) is 12.4 Å². The van der Waals surface area contributed by atoms with Crippen molar-refractivity contribution in [1.29, 1.82) is 0 Å². The number of hydrogen-bond acceptors (Lipinski definition) is 3. The first-order valence-corrected chi connectivity index (χ1v) is 6.07. The van der Waals surface area contributed by atoms with Gasteiger partial charge >= 0.3 is 0 Å². The van der Waals surface area contributed by atoms with Crippen LogP contribution in [0.25, 0.3) is 22.4 Å². The molecule has 0 atom stereocenters. The number of hydrogen-bond donors (Lipinski definition) is 2. The molecule has 0 fully saturated rings. The molecule has 1 aromatic carbocycles. The number of nitrogens with zero attached hydrogens (tertiary/aromatic N) is 2. The van der Waals surface area contributed by atoms with E-state index in [9.17, 15) is 0 Å². The molecule has 0 radical (unpaired) electrons. The number of nitrogen functional groups attached to an aromatic ring is 1. The molecule has 0 bridgehead atoms. The van der Waals surface area contributed by atoms with Gasteiger partial charge in [0, 0.05) is 18.0 Å². The van der Waals surface area contributed by atoms with Crippen LogP contribution in [-0.2, 0) is 0 Å². The third-order valence-electron chi connectivity index (χ3n) is 3.07. The van der Waals surface area contributed by atoms with Gasteiger partial charge in [0.1, 0.15) is 0 Å². The first kappa shape index (κ1) is 11.5. The van der Waals surface area contributed by atoms with Crippen molar-refractivity contribution in [2.45, 2.75) is 6.92 Å². The summed E-state index contributed by atoms with van der Waals surface area (Å²) in [6.45, 7) is 2.06. The quantitative estimate of drug-likeness (QED) is 0.734. The van der Waals surface area contributed by atoms with Crippen molar-refractivity contribution in [3.63, 3.8) is 0 Å². The summed E-state index contributed by atoms with van der Waals surface area (Å²) in [7, 11) is 0. The van der Waals surface area contributed by atoms with E-state index in [-0.39, 0.29) is 0 Å². The van der Waals surface area contributed by atoms with Crippen LogP contribution in [0.2, 0.25) is 0 Å². The predicted octanol–water partition coefficient (Wildman–Crippen LogP) is 3.03. The van der Waals surface area contributed by atoms with Gasteiger partial charge in [0.25, 0.3) is 0 Å². The molecule has 0 aliphatic rings. The van der Waals surface area contributed by atoms with Crippen LogP contribution in [0.4, 0.5) is 5.82 Å². The minimum Gasteiger partial charge on any atom is -0.382 e. The SMILES string of the molecule is Cc1cccc(-c2c(N)n[nH]c2-c2ccncc2)c1. The van der Waals surface area contributed by atoms with Crippen molar-refractivity contribution in [3.05, 3.63) is 54.4 Å². The molecule has 3 aromatic rings. The van der Waals surface area contributed by atoms with Gasteiger partial charge in [-0.05, 0) is 24.6 Å². The Balaban J connectivity index is 2.20. The number of H-pyrrole nitrogens is 1. The van der Waals surface area contributed by atoms with E-state index in [4.69, 9.17) is 5.73 Å². The van der Waals surface area contributed by atoms with Gasteiger partial charge in [-0.2, -0.15) is 5.10 Å². The molecule has 3 N–H and O–H groups in total. The van der Waals surface area contributed by atoms with E-state index in [2.05, 4.69) is 34.2 Å². The Kier molecular flexibility index (Phi) is 2.76. The van der Waals surface area contributed by atoms with Crippen molar-refractivity contribution < 1.29 is 0 Å². The Bertz CT molecular complexity index is 701. The number of nitrogens with one attached hydrogen (secondary N) is 1. The van der Waals surface area contributed by atoms with Crippen LogP contribution in [0.3, 0.4) is 0 Å². The maximum atomic E-state index is 6.00. The first-order chi connectivity index (χ1) is 9.25. The molecule has 2 heterocycles. The minimum atomic E-state index is 0.511. The molecule has 0 saturated heterocycles. The number of rotatable bonds is 2. The van der Waals surface area contributed by atoms with E-state index >= 15 is 0 Å². The summed E-state index contributed by atoms with van der Waals surface area (Å²) < 4.78 is 0. The highest BCUT2D eigenvalue weighted by Gasteiger charge is 2.14. The van der Waals surface area contributed by atoms with Crippen LogP contribution in [0.1, 0.15) is 5.56 Å². The van der Waals surface area contributed by atoms with Crippen molar-refractivity contribution in [3.8, 4) is 22.4 Å². The van der Waals surface area contributed by atoms with Gasteiger partial charge < -0.3 is 5.73 Å². The lowest BCUT2D eigenvalue weighted by atomic mass is 10.00. The number of anilines is 1. The fourth-order valence-electron chi connectivity index (χ4n) is 2.18. The molecule has 3 rings (SSSR count). The summed E-state index contributed by atoms with van der Waals surface area (Å²) >= 11 is 0. The van der Waals surface area contributed by atoms with Gasteiger partial charge in [0.05, 0.1) is 11.3 Å². The molecule has 0 amide bonds. The molecule has 2 aromatic heterocycles. The highest BCUT2D eigenvalue weighted by molar-refractivity contribution is 5.87. The van der Waals surface area contributed by atoms with Crippen LogP contribution in [0, 0.1) is 6.92 Å². The molecule has 0 saturated carbocycles. The van der Waals surface area contributed by atoms with Gasteiger partial charge in [0.15, 0.2) is 5.82 Å². The lowest BCUT2D eigenvalue weighted by Crippen LogP contribution is -1.89. The molecule has 0 unspecified atom stereocenters. The van der Waals surface area contributed by atoms with Crippen LogP contribution >= 0.6 is 0 Å². The predicted molar refractivity (Wildman–Crippen MR) is 76.4 cm³/mol. The number of pyridine rings is 1. The number of aromatic nitrogens is 3. The van der Waals surface area contributed by atoms with Crippen molar-refractivity contribution in [1.82, 2.24) is 15.2 Å². The molecular formula is C15H14N4. The maximum absolute atomic E-state index is 6.00. The number of nitrogens with two attached hydrogens (primary N) is 1. The van der Waals surface area contributed by atoms with E-state index in [0.29, 0.717) is 5.82 Å². The standard InChI is InChI=1S/C15H14N4/c1-10-3-2-4-12(9-10)13-14(18-19-15(13)16)11-5-7-17-8-6-11/h2-9H,1H3,(H3,16,18,19). The molecule has 19 heavy (non-hydrogen) atoms. The summed E-state index contributed by atoms with van der Waals surface area (Å²) in [6.07, 6.45) is 3.51. The van der Waals surface area contributed by atoms with Crippen molar-refractivity contribution >= 4 is 5.82 Å². The third kappa shape index (κ3) is 2.08. The number of aromatic amines is 1. The van der Waals surface area contributed by atoms with Gasteiger partial charge in [-0.1, -0.05) is 29.8 Å². The fraction of sp³-hybridized carbons (Fsp3) is 0.0667. The van der Waals surface area contributed by atoms with Gasteiger partial charge in [0.2, 0.25) is 0 Å². The first-order valence-electron chi connectivity index (χ1n) is 6.07. The summed E-state index contributed by atoms with van der Waals surface area (Å²) in [5, 5.41) is 7.14. The summed E-state index contributed by atoms with van der Waals surface area (Å²) in [5.74, 6) is 0.511. The zero-order valence-corrected chi connectivity index (χ0v) is 10.6. The molecular weight excluding hydrogens is 236 g/mol. The molecule has 0 spiro atoms. The lowest BCUT2D eigenvalue weighted by molar-refractivity contribution is 1.10. The van der Waals surface area contributed by atoms with Crippen LogP contribution in [0.15, 0.2) is 48.8 Å². The highest BCUT2D eigenvalue weighted by atomic mass is 15.2. The summed E-state index contributed by atoms with van der Waals surface area (Å²) in [5.41, 5.74) is 11.1. The van der Waals surface area contributed by atoms with E-state index in [1.165, 1.54) is 5.56 Å². The van der Waals surface area contributed by atoms with Crippen LogP contribution in [-0.4, -0.2) is 15.2 Å². The Morgan fingerprint density at radius 1 is 1.05 bits per heavy atom. The average molecular weight is 250 g/mol. The second-order valence-electron chi connectivity index (χ2n) is 4.46. The van der Waals surface area contributed by atoms with Crippen molar-refractivity contribution in [2.75, 3.05) is 5.73 Å². The van der Waals surface area contributed by atoms with Gasteiger partial charge in [-0.15, -0.1) is 0 Å². The third-order valence-corrected chi connectivity index (χ3v) is 3.07. The zero-order valence-electron chi connectivity index (χ0n) is 10.6. The van der Waals surface area contributed by atoms with E-state index in [1.807, 2.05) is 24.3 Å². The Hall–Kier alpha value is -2.62. The molecule has 4 heteroatoms. The van der Waals surface area contributed by atoms with Crippen LogP contribution < -0.4 is 5.73 Å².